The van der Waals surface area contributed by atoms with E-state index < -0.39 is 6.10 Å². The SMILES string of the molecule is CC1C2=C(/C=C/OCCO/C=C/2)OCC1O. The summed E-state index contributed by atoms with van der Waals surface area (Å²) in [5.41, 5.74) is 0.931. The van der Waals surface area contributed by atoms with E-state index in [1.54, 1.807) is 18.6 Å². The fraction of sp³-hybridized carbons (Fsp3) is 0.500. The van der Waals surface area contributed by atoms with Crippen LogP contribution in [0.25, 0.3) is 0 Å². The largest absolute Gasteiger partial charge is 0.498 e. The van der Waals surface area contributed by atoms with Crippen molar-refractivity contribution in [3.63, 3.8) is 0 Å². The van der Waals surface area contributed by atoms with E-state index in [9.17, 15) is 5.11 Å². The molecule has 2 aliphatic rings. The van der Waals surface area contributed by atoms with Crippen LogP contribution < -0.4 is 0 Å². The van der Waals surface area contributed by atoms with Gasteiger partial charge in [0.2, 0.25) is 0 Å². The van der Waals surface area contributed by atoms with E-state index in [1.807, 2.05) is 13.0 Å². The van der Waals surface area contributed by atoms with Gasteiger partial charge in [0, 0.05) is 17.6 Å². The number of hydrogen-bond acceptors (Lipinski definition) is 4. The molecule has 88 valence electrons. The zero-order valence-corrected chi connectivity index (χ0v) is 9.26. The number of ether oxygens (including phenoxy) is 3. The van der Waals surface area contributed by atoms with Gasteiger partial charge in [0.05, 0.1) is 18.6 Å². The molecule has 2 heterocycles. The molecule has 16 heavy (non-hydrogen) atoms. The molecule has 2 aliphatic heterocycles. The average molecular weight is 224 g/mol. The lowest BCUT2D eigenvalue weighted by molar-refractivity contribution is 0.0292. The molecular weight excluding hydrogens is 208 g/mol. The molecule has 0 bridgehead atoms. The lowest BCUT2D eigenvalue weighted by atomic mass is 9.92. The quantitative estimate of drug-likeness (QED) is 0.674. The first-order chi connectivity index (χ1) is 7.79. The lowest BCUT2D eigenvalue weighted by Crippen LogP contribution is -2.30. The maximum Gasteiger partial charge on any atom is 0.126 e. The van der Waals surface area contributed by atoms with Gasteiger partial charge in [0.1, 0.15) is 25.6 Å². The maximum absolute atomic E-state index is 9.72. The van der Waals surface area contributed by atoms with Crippen molar-refractivity contribution in [2.24, 2.45) is 5.92 Å². The smallest absolute Gasteiger partial charge is 0.126 e. The Balaban J connectivity index is 2.28. The minimum Gasteiger partial charge on any atom is -0.498 e. The predicted octanol–water partition coefficient (Wildman–Crippen LogP) is 1.34. The van der Waals surface area contributed by atoms with Crippen molar-refractivity contribution in [2.75, 3.05) is 19.8 Å². The second-order valence-corrected chi connectivity index (χ2v) is 3.83. The second-order valence-electron chi connectivity index (χ2n) is 3.83. The minimum absolute atomic E-state index is 0.0349. The van der Waals surface area contributed by atoms with Crippen LogP contribution in [0.4, 0.5) is 0 Å². The summed E-state index contributed by atoms with van der Waals surface area (Å²) in [6, 6.07) is 0. The summed E-state index contributed by atoms with van der Waals surface area (Å²) in [6.45, 7) is 3.31. The lowest BCUT2D eigenvalue weighted by Gasteiger charge is -2.28. The Morgan fingerprint density at radius 2 is 1.88 bits per heavy atom. The molecule has 2 unspecified atom stereocenters. The number of aliphatic hydroxyl groups is 1. The minimum atomic E-state index is -0.472. The number of hydrogen-bond donors (Lipinski definition) is 1. The normalized spacial score (nSPS) is 33.9. The first-order valence-corrected chi connectivity index (χ1v) is 5.40. The molecule has 4 heteroatoms. The van der Waals surface area contributed by atoms with Crippen molar-refractivity contribution in [1.29, 1.82) is 0 Å². The van der Waals surface area contributed by atoms with E-state index in [1.165, 1.54) is 0 Å². The van der Waals surface area contributed by atoms with Crippen LogP contribution in [0.1, 0.15) is 6.92 Å². The molecule has 0 aromatic heterocycles. The Morgan fingerprint density at radius 1 is 1.19 bits per heavy atom. The highest BCUT2D eigenvalue weighted by Crippen LogP contribution is 2.27. The van der Waals surface area contributed by atoms with Crippen molar-refractivity contribution in [3.05, 3.63) is 36.0 Å². The van der Waals surface area contributed by atoms with Crippen LogP contribution in [0.2, 0.25) is 0 Å². The van der Waals surface area contributed by atoms with Crippen LogP contribution >= 0.6 is 0 Å². The third-order valence-electron chi connectivity index (χ3n) is 2.74. The van der Waals surface area contributed by atoms with Crippen molar-refractivity contribution < 1.29 is 19.3 Å². The van der Waals surface area contributed by atoms with Crippen molar-refractivity contribution >= 4 is 0 Å². The van der Waals surface area contributed by atoms with Crippen LogP contribution in [0.3, 0.4) is 0 Å². The standard InChI is InChI=1S/C12H16O4/c1-9-10-2-4-14-6-7-15-5-3-12(10)16-8-11(9)13/h2-5,9,11,13H,6-8H2,1H3/b4-2+,5-3+. The zero-order chi connectivity index (χ0) is 11.4. The van der Waals surface area contributed by atoms with Gasteiger partial charge in [0.25, 0.3) is 0 Å². The Bertz CT molecular complexity index is 330. The van der Waals surface area contributed by atoms with Gasteiger partial charge in [-0.3, -0.25) is 0 Å². The highest BCUT2D eigenvalue weighted by molar-refractivity contribution is 5.32. The van der Waals surface area contributed by atoms with Crippen molar-refractivity contribution in [1.82, 2.24) is 0 Å². The Kier molecular flexibility index (Phi) is 3.51. The highest BCUT2D eigenvalue weighted by Gasteiger charge is 2.26. The van der Waals surface area contributed by atoms with E-state index >= 15 is 0 Å². The molecule has 0 aliphatic carbocycles. The predicted molar refractivity (Wildman–Crippen MR) is 58.3 cm³/mol. The van der Waals surface area contributed by atoms with Crippen LogP contribution in [-0.4, -0.2) is 31.0 Å². The Morgan fingerprint density at radius 3 is 2.62 bits per heavy atom. The third-order valence-corrected chi connectivity index (χ3v) is 2.74. The van der Waals surface area contributed by atoms with E-state index in [0.29, 0.717) is 19.8 Å². The summed E-state index contributed by atoms with van der Waals surface area (Å²) in [5, 5.41) is 9.72. The highest BCUT2D eigenvalue weighted by atomic mass is 16.5. The third kappa shape index (κ3) is 2.39. The van der Waals surface area contributed by atoms with Gasteiger partial charge in [-0.1, -0.05) is 6.92 Å². The molecule has 0 aromatic carbocycles. The number of rotatable bonds is 0. The van der Waals surface area contributed by atoms with Crippen molar-refractivity contribution in [2.45, 2.75) is 13.0 Å². The topological polar surface area (TPSA) is 47.9 Å². The molecule has 0 amide bonds. The van der Waals surface area contributed by atoms with Gasteiger partial charge in [-0.05, 0) is 6.08 Å². The Labute approximate surface area is 94.8 Å². The Hall–Kier alpha value is -1.42. The van der Waals surface area contributed by atoms with Crippen LogP contribution in [0.15, 0.2) is 36.0 Å². The van der Waals surface area contributed by atoms with Crippen molar-refractivity contribution in [3.8, 4) is 0 Å². The summed E-state index contributed by atoms with van der Waals surface area (Å²) in [5.74, 6) is 0.771. The summed E-state index contributed by atoms with van der Waals surface area (Å²) in [4.78, 5) is 0. The molecule has 2 atom stereocenters. The van der Waals surface area contributed by atoms with Gasteiger partial charge in [-0.25, -0.2) is 0 Å². The van der Waals surface area contributed by atoms with Gasteiger partial charge >= 0.3 is 0 Å². The summed E-state index contributed by atoms with van der Waals surface area (Å²) in [6.07, 6.45) is 6.38. The molecule has 4 nitrogen and oxygen atoms in total. The first kappa shape index (κ1) is 11.1. The van der Waals surface area contributed by atoms with Gasteiger partial charge in [-0.15, -0.1) is 0 Å². The van der Waals surface area contributed by atoms with E-state index in [0.717, 1.165) is 11.3 Å². The maximum atomic E-state index is 9.72. The van der Waals surface area contributed by atoms with E-state index in [4.69, 9.17) is 14.2 Å². The molecule has 0 radical (unpaired) electrons. The number of aliphatic hydroxyl groups excluding tert-OH is 1. The molecule has 0 saturated heterocycles. The van der Waals surface area contributed by atoms with Crippen LogP contribution in [-0.2, 0) is 14.2 Å². The van der Waals surface area contributed by atoms with Gasteiger partial charge in [-0.2, -0.15) is 0 Å². The van der Waals surface area contributed by atoms with Crippen LogP contribution in [0.5, 0.6) is 0 Å². The summed E-state index contributed by atoms with van der Waals surface area (Å²) in [7, 11) is 0. The molecule has 0 spiro atoms. The fourth-order valence-electron chi connectivity index (χ4n) is 1.68. The zero-order valence-electron chi connectivity index (χ0n) is 9.26. The molecular formula is C12H16O4. The fourth-order valence-corrected chi connectivity index (χ4v) is 1.68. The summed E-state index contributed by atoms with van der Waals surface area (Å²) >= 11 is 0. The van der Waals surface area contributed by atoms with Gasteiger partial charge < -0.3 is 19.3 Å². The van der Waals surface area contributed by atoms with Crippen LogP contribution in [0, 0.1) is 5.92 Å². The second kappa shape index (κ2) is 5.07. The molecule has 0 aromatic rings. The number of allylic oxidation sites excluding steroid dienone is 2. The van der Waals surface area contributed by atoms with E-state index in [2.05, 4.69) is 0 Å². The first-order valence-electron chi connectivity index (χ1n) is 5.40. The summed E-state index contributed by atoms with van der Waals surface area (Å²) < 4.78 is 15.9. The average Bonchev–Trinajstić information content (AvgIpc) is 2.30. The molecule has 0 saturated carbocycles. The van der Waals surface area contributed by atoms with E-state index in [-0.39, 0.29) is 5.92 Å². The molecule has 1 N–H and O–H groups in total. The van der Waals surface area contributed by atoms with Gasteiger partial charge in [0.15, 0.2) is 0 Å². The monoisotopic (exact) mass is 224 g/mol. The molecule has 2 rings (SSSR count). The molecule has 0 fully saturated rings.